The summed E-state index contributed by atoms with van der Waals surface area (Å²) in [6.45, 7) is 0. The van der Waals surface area contributed by atoms with Gasteiger partial charge in [-0.25, -0.2) is 5.84 Å². The Bertz CT molecular complexity index is 683. The van der Waals surface area contributed by atoms with Crippen molar-refractivity contribution < 1.29 is 9.59 Å². The van der Waals surface area contributed by atoms with Crippen LogP contribution in [0.1, 0.15) is 15.2 Å². The summed E-state index contributed by atoms with van der Waals surface area (Å²) in [5.74, 6) is 4.06. The summed E-state index contributed by atoms with van der Waals surface area (Å²) in [5, 5.41) is 4.68. The van der Waals surface area contributed by atoms with Crippen LogP contribution < -0.4 is 16.6 Å². The predicted molar refractivity (Wildman–Crippen MR) is 83.5 cm³/mol. The Morgan fingerprint density at radius 2 is 1.95 bits per heavy atom. The number of hydrogen-bond donors (Lipinski definition) is 3. The van der Waals surface area contributed by atoms with Crippen LogP contribution in [0.2, 0.25) is 5.02 Å². The molecule has 5 nitrogen and oxygen atoms in total. The van der Waals surface area contributed by atoms with E-state index in [4.69, 9.17) is 17.4 Å². The average molecular weight is 322 g/mol. The lowest BCUT2D eigenvalue weighted by Gasteiger charge is -2.09. The van der Waals surface area contributed by atoms with Crippen molar-refractivity contribution in [3.05, 3.63) is 62.9 Å². The third-order valence-electron chi connectivity index (χ3n) is 2.57. The van der Waals surface area contributed by atoms with Crippen molar-refractivity contribution in [1.29, 1.82) is 0 Å². The Balaban J connectivity index is 2.26. The molecule has 0 aliphatic rings. The first-order valence-corrected chi connectivity index (χ1v) is 7.19. The van der Waals surface area contributed by atoms with Crippen LogP contribution in [0.15, 0.2) is 47.5 Å². The van der Waals surface area contributed by atoms with Crippen LogP contribution in [0.5, 0.6) is 0 Å². The lowest BCUT2D eigenvalue weighted by molar-refractivity contribution is -0.117. The summed E-state index contributed by atoms with van der Waals surface area (Å²) in [5.41, 5.74) is 2.32. The zero-order valence-corrected chi connectivity index (χ0v) is 12.4. The van der Waals surface area contributed by atoms with Crippen molar-refractivity contribution in [3.63, 3.8) is 0 Å². The number of halogens is 1. The monoisotopic (exact) mass is 321 g/mol. The molecule has 0 atom stereocenters. The van der Waals surface area contributed by atoms with Gasteiger partial charge >= 0.3 is 0 Å². The Labute approximate surface area is 130 Å². The second kappa shape index (κ2) is 7.03. The van der Waals surface area contributed by atoms with Gasteiger partial charge in [0.05, 0.1) is 10.6 Å². The van der Waals surface area contributed by atoms with E-state index in [2.05, 4.69) is 5.32 Å². The summed E-state index contributed by atoms with van der Waals surface area (Å²) in [7, 11) is 0. The number of benzene rings is 1. The smallest absolute Gasteiger partial charge is 0.281 e. The quantitative estimate of drug-likeness (QED) is 0.349. The molecule has 0 saturated heterocycles. The van der Waals surface area contributed by atoms with Gasteiger partial charge in [-0.15, -0.1) is 11.3 Å². The van der Waals surface area contributed by atoms with Crippen molar-refractivity contribution in [3.8, 4) is 0 Å². The highest BCUT2D eigenvalue weighted by Crippen LogP contribution is 2.16. The van der Waals surface area contributed by atoms with E-state index >= 15 is 0 Å². The van der Waals surface area contributed by atoms with Crippen molar-refractivity contribution in [2.75, 3.05) is 0 Å². The van der Waals surface area contributed by atoms with Gasteiger partial charge in [0, 0.05) is 4.88 Å². The van der Waals surface area contributed by atoms with Gasteiger partial charge < -0.3 is 5.32 Å². The normalized spacial score (nSPS) is 11.0. The molecule has 0 aliphatic heterocycles. The van der Waals surface area contributed by atoms with E-state index in [1.54, 1.807) is 30.3 Å². The van der Waals surface area contributed by atoms with Gasteiger partial charge in [0.25, 0.3) is 11.8 Å². The number of carbonyl (C=O) groups is 2. The van der Waals surface area contributed by atoms with E-state index in [1.807, 2.05) is 22.9 Å². The number of carbonyl (C=O) groups excluding carboxylic acids is 2. The van der Waals surface area contributed by atoms with Crippen LogP contribution in [-0.2, 0) is 4.79 Å². The van der Waals surface area contributed by atoms with Crippen molar-refractivity contribution in [2.24, 2.45) is 5.84 Å². The minimum Gasteiger partial charge on any atom is -0.317 e. The molecule has 2 amide bonds. The van der Waals surface area contributed by atoms with Gasteiger partial charge in [-0.05, 0) is 29.7 Å². The minimum atomic E-state index is -0.594. The Hall–Kier alpha value is -2.15. The average Bonchev–Trinajstić information content (AvgIpc) is 2.99. The first kappa shape index (κ1) is 15.2. The molecular formula is C14H12ClN3O2S. The SMILES string of the molecule is NNC(=O)/C(=C\c1cccs1)NC(=O)c1ccccc1Cl. The van der Waals surface area contributed by atoms with Crippen LogP contribution in [-0.4, -0.2) is 11.8 Å². The number of nitrogens with two attached hydrogens (primary N) is 1. The summed E-state index contributed by atoms with van der Waals surface area (Å²) in [6, 6.07) is 10.2. The maximum atomic E-state index is 12.2. The van der Waals surface area contributed by atoms with E-state index in [-0.39, 0.29) is 11.3 Å². The third kappa shape index (κ3) is 3.91. The molecule has 0 unspecified atom stereocenters. The molecule has 1 aromatic heterocycles. The second-order valence-corrected chi connectivity index (χ2v) is 5.37. The lowest BCUT2D eigenvalue weighted by atomic mass is 10.2. The molecule has 0 fully saturated rings. The van der Waals surface area contributed by atoms with Crippen molar-refractivity contribution >= 4 is 40.8 Å². The lowest BCUT2D eigenvalue weighted by Crippen LogP contribution is -2.38. The van der Waals surface area contributed by atoms with E-state index in [1.165, 1.54) is 11.3 Å². The molecule has 0 radical (unpaired) electrons. The van der Waals surface area contributed by atoms with Crippen LogP contribution in [0.4, 0.5) is 0 Å². The van der Waals surface area contributed by atoms with Crippen LogP contribution >= 0.6 is 22.9 Å². The topological polar surface area (TPSA) is 84.2 Å². The van der Waals surface area contributed by atoms with E-state index in [9.17, 15) is 9.59 Å². The first-order valence-electron chi connectivity index (χ1n) is 5.94. The zero-order valence-electron chi connectivity index (χ0n) is 10.8. The Kier molecular flexibility index (Phi) is 5.10. The van der Waals surface area contributed by atoms with Crippen molar-refractivity contribution in [2.45, 2.75) is 0 Å². The molecule has 2 aromatic rings. The Morgan fingerprint density at radius 1 is 1.19 bits per heavy atom. The van der Waals surface area contributed by atoms with Gasteiger partial charge in [0.15, 0.2) is 0 Å². The standard InChI is InChI=1S/C14H12ClN3O2S/c15-11-6-2-1-5-10(11)13(19)17-12(14(20)18-16)8-9-4-3-7-21-9/h1-8H,16H2,(H,17,19)(H,18,20)/b12-8+. The molecule has 0 spiro atoms. The number of hydrazine groups is 1. The molecule has 7 heteroatoms. The van der Waals surface area contributed by atoms with E-state index in [0.717, 1.165) is 4.88 Å². The number of rotatable bonds is 4. The summed E-state index contributed by atoms with van der Waals surface area (Å²) in [6.07, 6.45) is 1.54. The van der Waals surface area contributed by atoms with Gasteiger partial charge in [-0.3, -0.25) is 15.0 Å². The number of nitrogens with one attached hydrogen (secondary N) is 2. The highest BCUT2D eigenvalue weighted by atomic mass is 35.5. The molecule has 1 aromatic carbocycles. The second-order valence-electron chi connectivity index (χ2n) is 3.98. The first-order chi connectivity index (χ1) is 10.1. The molecule has 108 valence electrons. The summed E-state index contributed by atoms with van der Waals surface area (Å²) in [4.78, 5) is 24.7. The highest BCUT2D eigenvalue weighted by molar-refractivity contribution is 7.10. The van der Waals surface area contributed by atoms with Gasteiger partial charge in [-0.1, -0.05) is 29.8 Å². The molecule has 0 aliphatic carbocycles. The van der Waals surface area contributed by atoms with Crippen molar-refractivity contribution in [1.82, 2.24) is 10.7 Å². The molecular weight excluding hydrogens is 310 g/mol. The minimum absolute atomic E-state index is 0.0462. The molecule has 2 rings (SSSR count). The molecule has 1 heterocycles. The zero-order chi connectivity index (χ0) is 15.2. The maximum Gasteiger partial charge on any atom is 0.281 e. The fourth-order valence-electron chi connectivity index (χ4n) is 1.59. The van der Waals surface area contributed by atoms with E-state index in [0.29, 0.717) is 5.02 Å². The van der Waals surface area contributed by atoms with Gasteiger partial charge in [0.1, 0.15) is 5.70 Å². The summed E-state index contributed by atoms with van der Waals surface area (Å²) < 4.78 is 0. The Morgan fingerprint density at radius 3 is 2.57 bits per heavy atom. The third-order valence-corrected chi connectivity index (χ3v) is 3.72. The van der Waals surface area contributed by atoms with Crippen LogP contribution in [0.3, 0.4) is 0 Å². The number of amides is 2. The molecule has 0 saturated carbocycles. The van der Waals surface area contributed by atoms with Gasteiger partial charge in [-0.2, -0.15) is 0 Å². The predicted octanol–water partition coefficient (Wildman–Crippen LogP) is 2.16. The fraction of sp³-hybridized carbons (Fsp3) is 0. The molecule has 21 heavy (non-hydrogen) atoms. The van der Waals surface area contributed by atoms with E-state index < -0.39 is 11.8 Å². The van der Waals surface area contributed by atoms with Crippen LogP contribution in [0, 0.1) is 0 Å². The number of hydrogen-bond acceptors (Lipinski definition) is 4. The molecule has 4 N–H and O–H groups in total. The maximum absolute atomic E-state index is 12.2. The largest absolute Gasteiger partial charge is 0.317 e. The number of thiophene rings is 1. The highest BCUT2D eigenvalue weighted by Gasteiger charge is 2.15. The summed E-state index contributed by atoms with van der Waals surface area (Å²) >= 11 is 7.39. The van der Waals surface area contributed by atoms with Crippen LogP contribution in [0.25, 0.3) is 6.08 Å². The molecule has 0 bridgehead atoms. The van der Waals surface area contributed by atoms with Gasteiger partial charge in [0.2, 0.25) is 0 Å². The fourth-order valence-corrected chi connectivity index (χ4v) is 2.47.